The number of nitrogens with two attached hydrogens (primary N) is 3. The lowest BCUT2D eigenvalue weighted by molar-refractivity contribution is -0.0950. The summed E-state index contributed by atoms with van der Waals surface area (Å²) in [5.41, 5.74) is 11.5. The molecule has 44 heteroatoms. The summed E-state index contributed by atoms with van der Waals surface area (Å²) in [6.45, 7) is 5.48. The van der Waals surface area contributed by atoms with Crippen LogP contribution in [0.2, 0.25) is 0 Å². The number of rotatable bonds is 16. The number of fused-ring (bicyclic) bond motifs is 4. The average Bonchev–Trinajstić information content (AvgIpc) is 1.62. The van der Waals surface area contributed by atoms with E-state index < -0.39 is 148 Å². The third kappa shape index (κ3) is 14.0. The SMILES string of the molecule is CC1(O)[C@@H](O)[C@@H](CO)O[C@H]1n1cc(F)c2c(N)ncnc21.CCOc1nc(N)nc2c1ncn2[C@@H]1O[C@H](CO)[C@H](O)C1(C)F.CN(CS(C)(=O)=O)c1nc(N)nc2c1ncn2[C@@H]1O[C@H](CO)[C@H](O)C1(C)O.CN(CS(C)(=O)=O)c1ncnc2c1ncn2[C@@H]1O[C@H](CO)[C@H](O)C1(C)O. The molecule has 4 aliphatic rings. The van der Waals surface area contributed by atoms with E-state index in [2.05, 4.69) is 54.8 Å². The van der Waals surface area contributed by atoms with Gasteiger partial charge in [-0.1, -0.05) is 0 Å². The fraction of sp³-hybridized carbons (Fsp3) is 0.604. The van der Waals surface area contributed by atoms with E-state index in [1.807, 2.05) is 0 Å². The number of aliphatic hydroxyl groups excluding tert-OH is 8. The fourth-order valence-corrected chi connectivity index (χ4v) is 13.2. The third-order valence-corrected chi connectivity index (χ3v) is 18.0. The Balaban J connectivity index is 0.000000152. The number of imidazole rings is 3. The Labute approximate surface area is 549 Å². The molecular weight excluding hydrogens is 1340 g/mol. The summed E-state index contributed by atoms with van der Waals surface area (Å²) in [5.74, 6) is -0.765. The Morgan fingerprint density at radius 2 is 0.938 bits per heavy atom. The van der Waals surface area contributed by atoms with Crippen molar-refractivity contribution in [3.8, 4) is 5.88 Å². The highest BCUT2D eigenvalue weighted by atomic mass is 32.2. The van der Waals surface area contributed by atoms with Crippen LogP contribution in [-0.4, -0.2) is 289 Å². The first kappa shape index (κ1) is 73.5. The van der Waals surface area contributed by atoms with Gasteiger partial charge in [0, 0.05) is 32.8 Å². The van der Waals surface area contributed by atoms with Gasteiger partial charge in [-0.2, -0.15) is 19.9 Å². The first-order chi connectivity index (χ1) is 45.3. The molecule has 4 saturated heterocycles. The van der Waals surface area contributed by atoms with Crippen LogP contribution in [0.25, 0.3) is 44.5 Å². The van der Waals surface area contributed by atoms with E-state index in [1.165, 1.54) is 88.1 Å². The van der Waals surface area contributed by atoms with Gasteiger partial charge in [0.15, 0.2) is 107 Å². The quantitative estimate of drug-likeness (QED) is 0.0431. The van der Waals surface area contributed by atoms with Gasteiger partial charge >= 0.3 is 0 Å². The van der Waals surface area contributed by atoms with Crippen LogP contribution in [0.5, 0.6) is 5.88 Å². The predicted molar refractivity (Wildman–Crippen MR) is 333 cm³/mol. The van der Waals surface area contributed by atoms with Crippen molar-refractivity contribution in [1.82, 2.24) is 73.1 Å². The number of nitrogen functional groups attached to an aromatic ring is 3. The standard InChI is InChI=1S/C14H22N6O6S.C14H21N5O6S.C13H18FN5O4.C12H15FN4O4/c1-14(23)9(22)7(4-21)26-12(14)20-5-16-8-10(17-13(15)18-11(8)20)19(2)6-27(3,24)25;1-14(22)10(21)8(4-20)25-13(14)19-6-17-9-11(15-5-16-12(9)19)18(2)7-26(3,23)24;1-3-22-10-7-9(17-12(15)18-10)19(5-16-7)11-13(2,14)8(21)6(4-20)23-11;1-12(20)8(19)6(3-18)21-11(12)17-2-5(13)7-9(14)15-4-16-10(7)17/h5,7,9,12,21-23H,4,6H2,1-3H3,(H2,15,17,18);5-6,8,10,13,20-22H,4,7H2,1-3H3;5-6,8,11,20-21H,3-4H2,1-2H3,(H2,15,17,18);2,4,6,8,11,18-20H,3H2,1H3,(H2,14,15,16)/t7-,9+,12-,14?;8-,10+,13-,14?;6-,8+,11-,13?;6-,8+,11-,12?/m1111/s1. The molecule has 4 fully saturated rings. The molecule has 0 saturated carbocycles. The molecule has 0 spiro atoms. The van der Waals surface area contributed by atoms with Crippen LogP contribution >= 0.6 is 0 Å². The maximum atomic E-state index is 14.9. The van der Waals surface area contributed by atoms with Gasteiger partial charge in [0.1, 0.15) is 95.9 Å². The van der Waals surface area contributed by atoms with Gasteiger partial charge in [-0.3, -0.25) is 18.3 Å². The van der Waals surface area contributed by atoms with Crippen LogP contribution < -0.4 is 31.7 Å². The van der Waals surface area contributed by atoms with Crippen molar-refractivity contribution < 1.29 is 105 Å². The number of nitrogens with zero attached hydrogens (tertiary/aromatic N) is 17. The highest BCUT2D eigenvalue weighted by molar-refractivity contribution is 7.91. The number of ether oxygens (including phenoxy) is 5. The Morgan fingerprint density at radius 1 is 0.546 bits per heavy atom. The van der Waals surface area contributed by atoms with Crippen LogP contribution in [0.3, 0.4) is 0 Å². The van der Waals surface area contributed by atoms with Crippen LogP contribution in [-0.2, 0) is 38.6 Å². The smallest absolute Gasteiger partial charge is 0.247 e. The Morgan fingerprint density at radius 3 is 1.40 bits per heavy atom. The second-order valence-electron chi connectivity index (χ2n) is 24.2. The van der Waals surface area contributed by atoms with E-state index in [0.717, 1.165) is 25.0 Å². The Kier molecular flexibility index (Phi) is 20.8. The summed E-state index contributed by atoms with van der Waals surface area (Å²) in [4.78, 5) is 47.5. The van der Waals surface area contributed by atoms with Crippen molar-refractivity contribution in [3.63, 3.8) is 0 Å². The van der Waals surface area contributed by atoms with E-state index in [4.69, 9.17) is 40.9 Å². The van der Waals surface area contributed by atoms with Gasteiger partial charge in [-0.05, 0) is 34.6 Å². The molecule has 12 heterocycles. The lowest BCUT2D eigenvalue weighted by Crippen LogP contribution is -2.44. The van der Waals surface area contributed by atoms with Gasteiger partial charge < -0.3 is 107 Å². The summed E-state index contributed by atoms with van der Waals surface area (Å²) >= 11 is 0. The molecule has 0 aliphatic carbocycles. The maximum Gasteiger partial charge on any atom is 0.247 e. The number of sulfone groups is 2. The number of hydrogen-bond donors (Lipinski definition) is 14. The summed E-state index contributed by atoms with van der Waals surface area (Å²) in [6, 6.07) is 0. The van der Waals surface area contributed by atoms with Gasteiger partial charge in [0.25, 0.3) is 0 Å². The molecule has 17 N–H and O–H groups in total. The van der Waals surface area contributed by atoms with Crippen LogP contribution in [0.1, 0.15) is 59.5 Å². The highest BCUT2D eigenvalue weighted by Crippen LogP contribution is 2.45. The molecule has 8 aromatic heterocycles. The van der Waals surface area contributed by atoms with E-state index >= 15 is 0 Å². The molecule has 0 aromatic carbocycles. The molecule has 0 bridgehead atoms. The molecular formula is C53H76F2N20O20S2. The van der Waals surface area contributed by atoms with Gasteiger partial charge in [0.2, 0.25) is 17.8 Å². The van der Waals surface area contributed by atoms with Crippen LogP contribution in [0.4, 0.5) is 38.1 Å². The normalized spacial score (nSPS) is 30.3. The molecule has 0 amide bonds. The topological polar surface area (TPSA) is 583 Å². The molecule has 534 valence electrons. The second kappa shape index (κ2) is 27.5. The molecule has 0 radical (unpaired) electrons. The number of alkyl halides is 1. The number of halogens is 2. The first-order valence-corrected chi connectivity index (χ1v) is 33.4. The van der Waals surface area contributed by atoms with E-state index in [0.29, 0.717) is 29.1 Å². The van der Waals surface area contributed by atoms with Crippen molar-refractivity contribution in [2.75, 3.05) is 98.4 Å². The zero-order valence-corrected chi connectivity index (χ0v) is 55.0. The van der Waals surface area contributed by atoms with Crippen molar-refractivity contribution >= 4 is 93.5 Å². The van der Waals surface area contributed by atoms with Crippen LogP contribution in [0, 0.1) is 5.82 Å². The lowest BCUT2D eigenvalue weighted by atomic mass is 9.96. The van der Waals surface area contributed by atoms with Gasteiger partial charge in [-0.25, -0.2) is 60.5 Å². The van der Waals surface area contributed by atoms with Crippen molar-refractivity contribution in [1.29, 1.82) is 0 Å². The minimum Gasteiger partial charge on any atom is -0.476 e. The number of anilines is 5. The van der Waals surface area contributed by atoms with E-state index in [-0.39, 0.29) is 69.0 Å². The monoisotopic (exact) mass is 1410 g/mol. The summed E-state index contributed by atoms with van der Waals surface area (Å²) in [6.07, 6.45) is -4.22. The summed E-state index contributed by atoms with van der Waals surface area (Å²) in [7, 11) is -3.53. The molecule has 4 unspecified atom stereocenters. The minimum absolute atomic E-state index is 0.0128. The number of hydrogen-bond acceptors (Lipinski definition) is 36. The molecule has 4 aliphatic heterocycles. The Hall–Kier alpha value is -7.77. The molecule has 8 aromatic rings. The van der Waals surface area contributed by atoms with E-state index in [9.17, 15) is 81.8 Å². The fourth-order valence-electron chi connectivity index (χ4n) is 11.6. The largest absolute Gasteiger partial charge is 0.476 e. The zero-order chi connectivity index (χ0) is 71.6. The van der Waals surface area contributed by atoms with Gasteiger partial charge in [-0.15, -0.1) is 0 Å². The predicted octanol–water partition coefficient (Wildman–Crippen LogP) is -4.95. The Bertz CT molecular complexity index is 4380. The first-order valence-electron chi connectivity index (χ1n) is 29.3. The van der Waals surface area contributed by atoms with Gasteiger partial charge in [0.05, 0.1) is 57.4 Å². The lowest BCUT2D eigenvalue weighted by Gasteiger charge is -2.27. The molecule has 97 heavy (non-hydrogen) atoms. The molecule has 16 atom stereocenters. The summed E-state index contributed by atoms with van der Waals surface area (Å²) < 4.78 is 108. The van der Waals surface area contributed by atoms with Crippen molar-refractivity contribution in [2.45, 2.75) is 131 Å². The molecule has 40 nitrogen and oxygen atoms in total. The number of aliphatic hydroxyl groups is 11. The van der Waals surface area contributed by atoms with Crippen molar-refractivity contribution in [2.24, 2.45) is 0 Å². The van der Waals surface area contributed by atoms with Crippen molar-refractivity contribution in [3.05, 3.63) is 43.7 Å². The summed E-state index contributed by atoms with van der Waals surface area (Å²) in [5, 5.41) is 109. The van der Waals surface area contributed by atoms with E-state index in [1.54, 1.807) is 14.0 Å². The maximum absolute atomic E-state index is 14.9. The zero-order valence-electron chi connectivity index (χ0n) is 53.3. The average molecular weight is 1420 g/mol. The third-order valence-electron chi connectivity index (χ3n) is 16.3. The minimum atomic E-state index is -3.33. The second-order valence-corrected chi connectivity index (χ2v) is 28.4. The molecule has 12 rings (SSSR count). The highest BCUT2D eigenvalue weighted by Gasteiger charge is 2.57. The van der Waals surface area contributed by atoms with Crippen LogP contribution in [0.15, 0.2) is 37.8 Å². The number of aromatic nitrogens is 15.